The highest BCUT2D eigenvalue weighted by atomic mass is 16.2. The lowest BCUT2D eigenvalue weighted by Crippen LogP contribution is -2.53. The summed E-state index contributed by atoms with van der Waals surface area (Å²) in [6.07, 6.45) is 1.30. The Morgan fingerprint density at radius 3 is 2.54 bits per heavy atom. The molecule has 1 aliphatic heterocycles. The van der Waals surface area contributed by atoms with Crippen LogP contribution in [0.3, 0.4) is 0 Å². The second-order valence-corrected chi connectivity index (χ2v) is 3.10. The number of carbonyl (C=O) groups excluding carboxylic acids is 1. The first-order chi connectivity index (χ1) is 6.26. The fourth-order valence-electron chi connectivity index (χ4n) is 1.38. The number of hydrogen-bond acceptors (Lipinski definition) is 3. The van der Waals surface area contributed by atoms with Crippen LogP contribution < -0.4 is 5.43 Å². The number of rotatable bonds is 3. The molecule has 1 fully saturated rings. The quantitative estimate of drug-likeness (QED) is 0.618. The minimum Gasteiger partial charge on any atom is -0.301 e. The molecule has 0 radical (unpaired) electrons. The highest BCUT2D eigenvalue weighted by Gasteiger charge is 2.15. The van der Waals surface area contributed by atoms with E-state index in [9.17, 15) is 4.79 Å². The third-order valence-electron chi connectivity index (χ3n) is 2.27. The predicted molar refractivity (Wildman–Crippen MR) is 52.0 cm³/mol. The van der Waals surface area contributed by atoms with E-state index in [1.54, 1.807) is 0 Å². The number of nitrogens with one attached hydrogen (secondary N) is 1. The number of hydrazine groups is 1. The van der Waals surface area contributed by atoms with Gasteiger partial charge in [0.05, 0.1) is 0 Å². The van der Waals surface area contributed by atoms with Crippen molar-refractivity contribution in [2.75, 3.05) is 32.7 Å². The topological polar surface area (TPSA) is 35.6 Å². The maximum Gasteiger partial charge on any atom is 0.257 e. The zero-order valence-corrected chi connectivity index (χ0v) is 8.12. The fourth-order valence-corrected chi connectivity index (χ4v) is 1.38. The molecule has 0 atom stereocenters. The third kappa shape index (κ3) is 3.16. The Balaban J connectivity index is 2.24. The summed E-state index contributed by atoms with van der Waals surface area (Å²) in [7, 11) is 0. The standard InChI is InChI=1S/C9H17N3O/c1-3-9(13)10-12-7-5-11(4-2)6-8-12/h3H,1,4-8H2,2H3,(H,10,13). The molecule has 0 saturated carbocycles. The van der Waals surface area contributed by atoms with Crippen LogP contribution in [-0.4, -0.2) is 48.5 Å². The summed E-state index contributed by atoms with van der Waals surface area (Å²) in [6.45, 7) is 10.5. The van der Waals surface area contributed by atoms with Gasteiger partial charge in [-0.05, 0) is 12.6 Å². The smallest absolute Gasteiger partial charge is 0.257 e. The van der Waals surface area contributed by atoms with E-state index in [2.05, 4.69) is 23.8 Å². The van der Waals surface area contributed by atoms with Gasteiger partial charge in [-0.15, -0.1) is 0 Å². The Morgan fingerprint density at radius 2 is 2.08 bits per heavy atom. The monoisotopic (exact) mass is 183 g/mol. The number of nitrogens with zero attached hydrogens (tertiary/aromatic N) is 2. The molecule has 1 N–H and O–H groups in total. The highest BCUT2D eigenvalue weighted by Crippen LogP contribution is 1.97. The molecule has 0 aromatic rings. The van der Waals surface area contributed by atoms with E-state index in [-0.39, 0.29) is 5.91 Å². The first-order valence-corrected chi connectivity index (χ1v) is 4.66. The predicted octanol–water partition coefficient (Wildman–Crippen LogP) is -0.159. The maximum atomic E-state index is 10.9. The van der Waals surface area contributed by atoms with Crippen LogP contribution in [0.25, 0.3) is 0 Å². The summed E-state index contributed by atoms with van der Waals surface area (Å²) in [5.41, 5.74) is 2.76. The van der Waals surface area contributed by atoms with Crippen molar-refractivity contribution in [2.45, 2.75) is 6.92 Å². The van der Waals surface area contributed by atoms with Gasteiger partial charge in [0, 0.05) is 26.2 Å². The maximum absolute atomic E-state index is 10.9. The van der Waals surface area contributed by atoms with Gasteiger partial charge in [0.2, 0.25) is 0 Å². The second-order valence-electron chi connectivity index (χ2n) is 3.10. The lowest BCUT2D eigenvalue weighted by molar-refractivity contribution is -0.121. The van der Waals surface area contributed by atoms with Crippen molar-refractivity contribution in [3.63, 3.8) is 0 Å². The Bertz CT molecular complexity index is 185. The van der Waals surface area contributed by atoms with Crippen molar-refractivity contribution in [1.29, 1.82) is 0 Å². The van der Waals surface area contributed by atoms with E-state index in [4.69, 9.17) is 0 Å². The van der Waals surface area contributed by atoms with Crippen molar-refractivity contribution >= 4 is 5.91 Å². The molecular formula is C9H17N3O. The molecule has 1 saturated heterocycles. The minimum absolute atomic E-state index is 0.120. The molecule has 74 valence electrons. The van der Waals surface area contributed by atoms with Crippen LogP contribution in [0.2, 0.25) is 0 Å². The van der Waals surface area contributed by atoms with Crippen LogP contribution in [0, 0.1) is 0 Å². The summed E-state index contributed by atoms with van der Waals surface area (Å²) in [4.78, 5) is 13.3. The van der Waals surface area contributed by atoms with Crippen LogP contribution in [0.1, 0.15) is 6.92 Å². The van der Waals surface area contributed by atoms with Crippen LogP contribution in [0.15, 0.2) is 12.7 Å². The van der Waals surface area contributed by atoms with E-state index in [1.165, 1.54) is 6.08 Å². The summed E-state index contributed by atoms with van der Waals surface area (Å²) in [5, 5.41) is 1.94. The Labute approximate surface area is 79.2 Å². The average Bonchev–Trinajstić information content (AvgIpc) is 2.19. The molecule has 0 spiro atoms. The van der Waals surface area contributed by atoms with E-state index >= 15 is 0 Å². The van der Waals surface area contributed by atoms with Crippen molar-refractivity contribution in [3.05, 3.63) is 12.7 Å². The zero-order chi connectivity index (χ0) is 9.68. The van der Waals surface area contributed by atoms with Gasteiger partial charge >= 0.3 is 0 Å². The van der Waals surface area contributed by atoms with Crippen LogP contribution in [0.5, 0.6) is 0 Å². The van der Waals surface area contributed by atoms with Gasteiger partial charge in [0.1, 0.15) is 0 Å². The van der Waals surface area contributed by atoms with Crippen molar-refractivity contribution in [2.24, 2.45) is 0 Å². The fraction of sp³-hybridized carbons (Fsp3) is 0.667. The Morgan fingerprint density at radius 1 is 1.46 bits per heavy atom. The molecule has 1 aliphatic rings. The molecule has 0 aromatic carbocycles. The van der Waals surface area contributed by atoms with Crippen molar-refractivity contribution < 1.29 is 4.79 Å². The van der Waals surface area contributed by atoms with Gasteiger partial charge < -0.3 is 4.90 Å². The molecular weight excluding hydrogens is 166 g/mol. The van der Waals surface area contributed by atoms with Gasteiger partial charge in [-0.25, -0.2) is 5.01 Å². The van der Waals surface area contributed by atoms with Gasteiger partial charge in [-0.3, -0.25) is 10.2 Å². The number of piperazine rings is 1. The largest absolute Gasteiger partial charge is 0.301 e. The number of amides is 1. The molecule has 0 bridgehead atoms. The minimum atomic E-state index is -0.120. The average molecular weight is 183 g/mol. The Hall–Kier alpha value is -0.870. The van der Waals surface area contributed by atoms with E-state index < -0.39 is 0 Å². The number of hydrogen-bond donors (Lipinski definition) is 1. The van der Waals surface area contributed by atoms with Crippen LogP contribution in [0.4, 0.5) is 0 Å². The SMILES string of the molecule is C=CC(=O)NN1CCN(CC)CC1. The van der Waals surface area contributed by atoms with Gasteiger partial charge in [-0.2, -0.15) is 0 Å². The van der Waals surface area contributed by atoms with Crippen LogP contribution >= 0.6 is 0 Å². The van der Waals surface area contributed by atoms with Gasteiger partial charge in [0.25, 0.3) is 5.91 Å². The molecule has 4 heteroatoms. The molecule has 0 aromatic heterocycles. The molecule has 0 unspecified atom stereocenters. The van der Waals surface area contributed by atoms with Crippen LogP contribution in [-0.2, 0) is 4.79 Å². The molecule has 1 heterocycles. The van der Waals surface area contributed by atoms with E-state index in [1.807, 2.05) is 5.01 Å². The Kier molecular flexibility index (Phi) is 3.92. The molecule has 0 aliphatic carbocycles. The summed E-state index contributed by atoms with van der Waals surface area (Å²) < 4.78 is 0. The summed E-state index contributed by atoms with van der Waals surface area (Å²) >= 11 is 0. The molecule has 13 heavy (non-hydrogen) atoms. The van der Waals surface area contributed by atoms with Crippen molar-refractivity contribution in [3.8, 4) is 0 Å². The lowest BCUT2D eigenvalue weighted by Gasteiger charge is -2.33. The zero-order valence-electron chi connectivity index (χ0n) is 8.12. The summed E-state index contributed by atoms with van der Waals surface area (Å²) in [5.74, 6) is -0.120. The van der Waals surface area contributed by atoms with Gasteiger partial charge in [0.15, 0.2) is 0 Å². The summed E-state index contributed by atoms with van der Waals surface area (Å²) in [6, 6.07) is 0. The molecule has 1 rings (SSSR count). The first-order valence-electron chi connectivity index (χ1n) is 4.66. The normalized spacial score (nSPS) is 19.8. The van der Waals surface area contributed by atoms with Crippen molar-refractivity contribution in [1.82, 2.24) is 15.3 Å². The third-order valence-corrected chi connectivity index (χ3v) is 2.27. The lowest BCUT2D eigenvalue weighted by atomic mass is 10.3. The van der Waals surface area contributed by atoms with Gasteiger partial charge in [-0.1, -0.05) is 13.5 Å². The second kappa shape index (κ2) is 4.99. The number of carbonyl (C=O) groups is 1. The highest BCUT2D eigenvalue weighted by molar-refractivity contribution is 5.86. The first kappa shape index (κ1) is 10.2. The van der Waals surface area contributed by atoms with E-state index in [0.29, 0.717) is 0 Å². The number of likely N-dealkylation sites (N-methyl/N-ethyl adjacent to an activating group) is 1. The molecule has 1 amide bonds. The van der Waals surface area contributed by atoms with E-state index in [0.717, 1.165) is 32.7 Å². The molecule has 4 nitrogen and oxygen atoms in total.